The van der Waals surface area contributed by atoms with Gasteiger partial charge in [-0.3, -0.25) is 4.79 Å². The van der Waals surface area contributed by atoms with Crippen LogP contribution in [0.4, 0.5) is 0 Å². The van der Waals surface area contributed by atoms with Crippen LogP contribution in [0.3, 0.4) is 0 Å². The summed E-state index contributed by atoms with van der Waals surface area (Å²) in [5.74, 6) is 0.627. The van der Waals surface area contributed by atoms with E-state index in [-0.39, 0.29) is 5.91 Å². The van der Waals surface area contributed by atoms with Crippen molar-refractivity contribution in [2.45, 2.75) is 20.4 Å². The molecule has 1 heterocycles. The van der Waals surface area contributed by atoms with E-state index in [1.807, 2.05) is 13.8 Å². The Morgan fingerprint density at radius 2 is 2.10 bits per heavy atom. The van der Waals surface area contributed by atoms with Gasteiger partial charge in [0.15, 0.2) is 0 Å². The largest absolute Gasteiger partial charge is 0.361 e. The number of rotatable bonds is 3. The zero-order chi connectivity index (χ0) is 14.9. The lowest BCUT2D eigenvalue weighted by molar-refractivity contribution is 0.0784. The zero-order valence-corrected chi connectivity index (χ0v) is 13.7. The van der Waals surface area contributed by atoms with Gasteiger partial charge in [0.2, 0.25) is 0 Å². The third-order valence-corrected chi connectivity index (χ3v) is 3.71. The first-order chi connectivity index (χ1) is 9.38. The normalized spacial score (nSPS) is 10.7. The Kier molecular flexibility index (Phi) is 4.50. The molecule has 0 aliphatic carbocycles. The smallest absolute Gasteiger partial charge is 0.253 e. The highest BCUT2D eigenvalue weighted by molar-refractivity contribution is 9.10. The zero-order valence-electron chi connectivity index (χ0n) is 11.4. The number of carbonyl (C=O) groups is 1. The van der Waals surface area contributed by atoms with Crippen LogP contribution in [-0.2, 0) is 6.54 Å². The lowest BCUT2D eigenvalue weighted by Gasteiger charge is -2.17. The minimum Gasteiger partial charge on any atom is -0.361 e. The summed E-state index contributed by atoms with van der Waals surface area (Å²) in [5.41, 5.74) is 2.27. The number of amides is 1. The fourth-order valence-corrected chi connectivity index (χ4v) is 2.79. The third kappa shape index (κ3) is 3.22. The minimum absolute atomic E-state index is 0.104. The molecule has 6 heteroatoms. The Hall–Kier alpha value is -1.33. The first-order valence-electron chi connectivity index (χ1n) is 6.02. The summed E-state index contributed by atoms with van der Waals surface area (Å²) < 4.78 is 5.88. The number of hydrogen-bond acceptors (Lipinski definition) is 3. The van der Waals surface area contributed by atoms with Crippen molar-refractivity contribution in [3.8, 4) is 0 Å². The Morgan fingerprint density at radius 3 is 2.65 bits per heavy atom. The molecule has 2 aromatic rings. The van der Waals surface area contributed by atoms with E-state index in [0.29, 0.717) is 17.1 Å². The van der Waals surface area contributed by atoms with E-state index in [4.69, 9.17) is 16.1 Å². The Balaban J connectivity index is 2.20. The highest BCUT2D eigenvalue weighted by atomic mass is 79.9. The molecule has 0 radical (unpaired) electrons. The second kappa shape index (κ2) is 5.97. The monoisotopic (exact) mass is 356 g/mol. The van der Waals surface area contributed by atoms with E-state index in [1.165, 1.54) is 0 Å². The molecule has 0 N–H and O–H groups in total. The standard InChI is InChI=1S/C14H14BrClN2O2/c1-8-13(9(2)20-17-8)7-18(3)14(19)10-4-11(15)6-12(16)5-10/h4-6H,7H2,1-3H3. The van der Waals surface area contributed by atoms with Gasteiger partial charge < -0.3 is 9.42 Å². The van der Waals surface area contributed by atoms with E-state index in [0.717, 1.165) is 21.5 Å². The fraction of sp³-hybridized carbons (Fsp3) is 0.286. The summed E-state index contributed by atoms with van der Waals surface area (Å²) in [6.07, 6.45) is 0. The Bertz CT molecular complexity index is 615. The summed E-state index contributed by atoms with van der Waals surface area (Å²) in [7, 11) is 1.74. The van der Waals surface area contributed by atoms with Crippen molar-refractivity contribution < 1.29 is 9.32 Å². The maximum atomic E-state index is 12.4. The lowest BCUT2D eigenvalue weighted by Crippen LogP contribution is -2.26. The summed E-state index contributed by atoms with van der Waals surface area (Å²) in [5, 5.41) is 4.41. The van der Waals surface area contributed by atoms with Crippen molar-refractivity contribution in [1.82, 2.24) is 10.1 Å². The van der Waals surface area contributed by atoms with Gasteiger partial charge in [0.25, 0.3) is 5.91 Å². The summed E-state index contributed by atoms with van der Waals surface area (Å²) in [6.45, 7) is 4.15. The maximum Gasteiger partial charge on any atom is 0.253 e. The van der Waals surface area contributed by atoms with Crippen molar-refractivity contribution >= 4 is 33.4 Å². The van der Waals surface area contributed by atoms with Gasteiger partial charge in [-0.2, -0.15) is 0 Å². The van der Waals surface area contributed by atoms with E-state index in [1.54, 1.807) is 30.1 Å². The molecular formula is C14H14BrClN2O2. The van der Waals surface area contributed by atoms with Crippen LogP contribution < -0.4 is 0 Å². The van der Waals surface area contributed by atoms with E-state index in [9.17, 15) is 4.79 Å². The summed E-state index contributed by atoms with van der Waals surface area (Å²) in [4.78, 5) is 14.0. The maximum absolute atomic E-state index is 12.4. The molecule has 20 heavy (non-hydrogen) atoms. The third-order valence-electron chi connectivity index (χ3n) is 3.03. The van der Waals surface area contributed by atoms with Crippen molar-refractivity contribution in [2.24, 2.45) is 0 Å². The van der Waals surface area contributed by atoms with Crippen LogP contribution in [0.2, 0.25) is 5.02 Å². The second-order valence-electron chi connectivity index (χ2n) is 4.62. The molecular weight excluding hydrogens is 344 g/mol. The molecule has 0 saturated heterocycles. The highest BCUT2D eigenvalue weighted by Crippen LogP contribution is 2.21. The van der Waals surface area contributed by atoms with Crippen LogP contribution in [0.15, 0.2) is 27.2 Å². The topological polar surface area (TPSA) is 46.3 Å². The fourth-order valence-electron chi connectivity index (χ4n) is 1.93. The molecule has 0 unspecified atom stereocenters. The molecule has 0 bridgehead atoms. The van der Waals surface area contributed by atoms with Crippen molar-refractivity contribution in [3.05, 3.63) is 50.3 Å². The predicted octanol–water partition coefficient (Wildman–Crippen LogP) is 3.98. The number of halogens is 2. The van der Waals surface area contributed by atoms with Crippen LogP contribution >= 0.6 is 27.5 Å². The first-order valence-corrected chi connectivity index (χ1v) is 7.19. The second-order valence-corrected chi connectivity index (χ2v) is 5.97. The van der Waals surface area contributed by atoms with Gasteiger partial charge in [0, 0.05) is 27.7 Å². The van der Waals surface area contributed by atoms with Crippen LogP contribution in [0.1, 0.15) is 27.4 Å². The molecule has 0 fully saturated rings. The molecule has 1 amide bonds. The van der Waals surface area contributed by atoms with Crippen molar-refractivity contribution in [3.63, 3.8) is 0 Å². The van der Waals surface area contributed by atoms with Crippen LogP contribution in [0, 0.1) is 13.8 Å². The molecule has 1 aromatic heterocycles. The average molecular weight is 358 g/mol. The van der Waals surface area contributed by atoms with Crippen LogP contribution in [0.25, 0.3) is 0 Å². The van der Waals surface area contributed by atoms with E-state index < -0.39 is 0 Å². The minimum atomic E-state index is -0.104. The Morgan fingerprint density at radius 1 is 1.40 bits per heavy atom. The number of aromatic nitrogens is 1. The number of aryl methyl sites for hydroxylation is 2. The van der Waals surface area contributed by atoms with Crippen molar-refractivity contribution in [1.29, 1.82) is 0 Å². The summed E-state index contributed by atoms with van der Waals surface area (Å²) >= 11 is 9.30. The van der Waals surface area contributed by atoms with Gasteiger partial charge in [-0.25, -0.2) is 0 Å². The quantitative estimate of drug-likeness (QED) is 0.834. The van der Waals surface area contributed by atoms with Gasteiger partial charge in [0.1, 0.15) is 5.76 Å². The lowest BCUT2D eigenvalue weighted by atomic mass is 10.1. The Labute approximate surface area is 130 Å². The average Bonchev–Trinajstić information content (AvgIpc) is 2.68. The van der Waals surface area contributed by atoms with Crippen LogP contribution in [0.5, 0.6) is 0 Å². The van der Waals surface area contributed by atoms with Gasteiger partial charge in [-0.1, -0.05) is 32.7 Å². The summed E-state index contributed by atoms with van der Waals surface area (Å²) in [6, 6.07) is 5.14. The molecule has 4 nitrogen and oxygen atoms in total. The van der Waals surface area contributed by atoms with Gasteiger partial charge in [0.05, 0.1) is 12.2 Å². The highest BCUT2D eigenvalue weighted by Gasteiger charge is 2.17. The number of benzene rings is 1. The molecule has 1 aromatic carbocycles. The number of hydrogen-bond donors (Lipinski definition) is 0. The molecule has 2 rings (SSSR count). The predicted molar refractivity (Wildman–Crippen MR) is 80.9 cm³/mol. The van der Waals surface area contributed by atoms with Crippen LogP contribution in [-0.4, -0.2) is 23.0 Å². The molecule has 0 aliphatic heterocycles. The molecule has 0 aliphatic rings. The van der Waals surface area contributed by atoms with Gasteiger partial charge >= 0.3 is 0 Å². The van der Waals surface area contributed by atoms with E-state index >= 15 is 0 Å². The first kappa shape index (κ1) is 15.1. The number of carbonyl (C=O) groups excluding carboxylic acids is 1. The van der Waals surface area contributed by atoms with Crippen molar-refractivity contribution in [2.75, 3.05) is 7.05 Å². The molecule has 0 atom stereocenters. The molecule has 0 saturated carbocycles. The molecule has 106 valence electrons. The van der Waals surface area contributed by atoms with Gasteiger partial charge in [-0.15, -0.1) is 0 Å². The van der Waals surface area contributed by atoms with Gasteiger partial charge in [-0.05, 0) is 32.0 Å². The van der Waals surface area contributed by atoms with E-state index in [2.05, 4.69) is 21.1 Å². The SMILES string of the molecule is Cc1noc(C)c1CN(C)C(=O)c1cc(Cl)cc(Br)c1. The number of nitrogens with zero attached hydrogens (tertiary/aromatic N) is 2. The molecule has 0 spiro atoms.